The molecule has 0 aliphatic carbocycles. The molecule has 7 heteroatoms. The van der Waals surface area contributed by atoms with Crippen LogP contribution in [-0.2, 0) is 25.6 Å². The average molecular weight is 550 g/mol. The monoisotopic (exact) mass is 549 g/mol. The van der Waals surface area contributed by atoms with Gasteiger partial charge in [-0.1, -0.05) is 61.5 Å². The molecule has 3 aromatic rings. The smallest absolute Gasteiger partial charge is 0.303 e. The predicted octanol–water partition coefficient (Wildman–Crippen LogP) is 8.64. The van der Waals surface area contributed by atoms with E-state index in [2.05, 4.69) is 71.0 Å². The molecular weight excluding hydrogens is 515 g/mol. The molecule has 3 aromatic carbocycles. The van der Waals surface area contributed by atoms with Crippen LogP contribution in [0.1, 0.15) is 60.9 Å². The molecule has 0 unspecified atom stereocenters. The van der Waals surface area contributed by atoms with Crippen LogP contribution >= 0.6 is 12.1 Å². The van der Waals surface area contributed by atoms with E-state index in [0.717, 1.165) is 74.4 Å². The second-order valence-corrected chi connectivity index (χ2v) is 11.3. The summed E-state index contributed by atoms with van der Waals surface area (Å²) in [6.07, 6.45) is 0.315. The highest BCUT2D eigenvalue weighted by atomic mass is 32.2. The summed E-state index contributed by atoms with van der Waals surface area (Å²) in [6, 6.07) is 22.9. The molecule has 2 heterocycles. The molecule has 2 aliphatic heterocycles. The summed E-state index contributed by atoms with van der Waals surface area (Å²) in [4.78, 5) is 4.78. The maximum Gasteiger partial charge on any atom is 0.416 e. The van der Waals surface area contributed by atoms with Crippen molar-refractivity contribution >= 4 is 23.5 Å². The standard InChI is InChI=1S/C32H34F3N3S/c1-3-37(39-38-20-19-27-8-4-5-10-31(27)38)22-25-13-11-24(12-14-25)7-6-9-29-23(2)21-30(36-29)26-15-17-28(18-16-26)32(33,34)35/h4-5,8,10-18H,3,6-7,9,19-22H2,1-2H3. The Kier molecular flexibility index (Phi) is 8.48. The molecule has 2 aliphatic rings. The van der Waals surface area contributed by atoms with Gasteiger partial charge in [0.15, 0.2) is 0 Å². The molecule has 0 aromatic heterocycles. The number of hydrogen-bond donors (Lipinski definition) is 0. The Morgan fingerprint density at radius 2 is 1.64 bits per heavy atom. The van der Waals surface area contributed by atoms with Gasteiger partial charge in [-0.3, -0.25) is 4.99 Å². The summed E-state index contributed by atoms with van der Waals surface area (Å²) in [5.41, 5.74) is 8.65. The summed E-state index contributed by atoms with van der Waals surface area (Å²) >= 11 is 1.82. The summed E-state index contributed by atoms with van der Waals surface area (Å²) in [7, 11) is 0. The Balaban J connectivity index is 1.11. The van der Waals surface area contributed by atoms with Crippen LogP contribution in [0.4, 0.5) is 18.9 Å². The molecule has 0 radical (unpaired) electrons. The fourth-order valence-corrected chi connectivity index (χ4v) is 6.18. The van der Waals surface area contributed by atoms with Gasteiger partial charge in [-0.15, -0.1) is 0 Å². The van der Waals surface area contributed by atoms with Gasteiger partial charge >= 0.3 is 6.18 Å². The number of allylic oxidation sites excluding steroid dienone is 2. The lowest BCUT2D eigenvalue weighted by atomic mass is 10.0. The minimum absolute atomic E-state index is 0.626. The van der Waals surface area contributed by atoms with E-state index in [0.29, 0.717) is 6.42 Å². The molecule has 0 saturated carbocycles. The van der Waals surface area contributed by atoms with Crippen LogP contribution in [0.5, 0.6) is 0 Å². The maximum atomic E-state index is 12.9. The number of rotatable bonds is 10. The van der Waals surface area contributed by atoms with Crippen molar-refractivity contribution in [2.24, 2.45) is 4.99 Å². The van der Waals surface area contributed by atoms with Crippen molar-refractivity contribution in [3.8, 4) is 0 Å². The second-order valence-electron chi connectivity index (χ2n) is 10.2. The Bertz CT molecular complexity index is 1340. The SMILES string of the molecule is CCN(Cc1ccc(CCCC2=C(C)CC(c3ccc(C(F)(F)F)cc3)=N2)cc1)SN1CCc2ccccc21. The molecule has 0 N–H and O–H groups in total. The third-order valence-corrected chi connectivity index (χ3v) is 8.61. The van der Waals surface area contributed by atoms with Crippen molar-refractivity contribution < 1.29 is 13.2 Å². The van der Waals surface area contributed by atoms with Crippen molar-refractivity contribution in [3.05, 3.63) is 112 Å². The van der Waals surface area contributed by atoms with Crippen molar-refractivity contribution in [1.82, 2.24) is 4.31 Å². The first-order chi connectivity index (χ1) is 18.8. The molecule has 0 fully saturated rings. The molecule has 204 valence electrons. The van der Waals surface area contributed by atoms with Crippen molar-refractivity contribution in [3.63, 3.8) is 0 Å². The van der Waals surface area contributed by atoms with Crippen molar-refractivity contribution in [1.29, 1.82) is 0 Å². The number of para-hydroxylation sites is 1. The third-order valence-electron chi connectivity index (χ3n) is 7.41. The van der Waals surface area contributed by atoms with E-state index in [1.54, 1.807) is 0 Å². The summed E-state index contributed by atoms with van der Waals surface area (Å²) in [6.45, 7) is 7.19. The Morgan fingerprint density at radius 1 is 0.923 bits per heavy atom. The first-order valence-electron chi connectivity index (χ1n) is 13.6. The predicted molar refractivity (Wildman–Crippen MR) is 156 cm³/mol. The minimum atomic E-state index is -4.32. The average Bonchev–Trinajstić information content (AvgIpc) is 3.52. The lowest BCUT2D eigenvalue weighted by molar-refractivity contribution is -0.137. The van der Waals surface area contributed by atoms with Crippen molar-refractivity contribution in [2.75, 3.05) is 17.4 Å². The number of aryl methyl sites for hydroxylation is 1. The van der Waals surface area contributed by atoms with Gasteiger partial charge in [0, 0.05) is 43.9 Å². The third kappa shape index (κ3) is 6.76. The number of benzene rings is 3. The van der Waals surface area contributed by atoms with Gasteiger partial charge in [0.05, 0.1) is 17.0 Å². The highest BCUT2D eigenvalue weighted by Gasteiger charge is 2.30. The second kappa shape index (κ2) is 12.0. The van der Waals surface area contributed by atoms with Gasteiger partial charge in [0.1, 0.15) is 0 Å². The summed E-state index contributed by atoms with van der Waals surface area (Å²) in [5.74, 6) is 0. The van der Waals surface area contributed by atoms with E-state index < -0.39 is 11.7 Å². The molecule has 0 saturated heterocycles. The quantitative estimate of drug-likeness (QED) is 0.236. The Morgan fingerprint density at radius 3 is 2.36 bits per heavy atom. The normalized spacial score (nSPS) is 15.3. The molecule has 39 heavy (non-hydrogen) atoms. The molecule has 0 bridgehead atoms. The number of alkyl halides is 3. The summed E-state index contributed by atoms with van der Waals surface area (Å²) < 4.78 is 43.4. The highest BCUT2D eigenvalue weighted by Crippen LogP contribution is 2.35. The van der Waals surface area contributed by atoms with Crippen LogP contribution in [0.25, 0.3) is 0 Å². The van der Waals surface area contributed by atoms with E-state index in [1.165, 1.54) is 40.1 Å². The zero-order chi connectivity index (χ0) is 27.4. The van der Waals surface area contributed by atoms with E-state index >= 15 is 0 Å². The number of halogens is 3. The number of hydrogen-bond acceptors (Lipinski definition) is 4. The van der Waals surface area contributed by atoms with Gasteiger partial charge in [0.2, 0.25) is 0 Å². The van der Waals surface area contributed by atoms with E-state index in [1.807, 2.05) is 12.1 Å². The Labute approximate surface area is 233 Å². The number of aliphatic imine (C=N–C) groups is 1. The van der Waals surface area contributed by atoms with Crippen LogP contribution in [0.2, 0.25) is 0 Å². The van der Waals surface area contributed by atoms with E-state index in [-0.39, 0.29) is 0 Å². The van der Waals surface area contributed by atoms with Crippen LogP contribution in [0, 0.1) is 0 Å². The number of nitrogens with zero attached hydrogens (tertiary/aromatic N) is 3. The maximum absolute atomic E-state index is 12.9. The van der Waals surface area contributed by atoms with Crippen LogP contribution < -0.4 is 4.31 Å². The summed E-state index contributed by atoms with van der Waals surface area (Å²) in [5, 5.41) is 0. The molecule has 5 rings (SSSR count). The fourth-order valence-electron chi connectivity index (χ4n) is 5.14. The lowest BCUT2D eigenvalue weighted by Crippen LogP contribution is -2.23. The zero-order valence-corrected chi connectivity index (χ0v) is 23.3. The van der Waals surface area contributed by atoms with Gasteiger partial charge in [-0.2, -0.15) is 13.2 Å². The molecular formula is C32H34F3N3S. The highest BCUT2D eigenvalue weighted by molar-refractivity contribution is 7.98. The van der Waals surface area contributed by atoms with E-state index in [9.17, 15) is 13.2 Å². The molecule has 3 nitrogen and oxygen atoms in total. The fraction of sp³-hybridized carbons (Fsp3) is 0.344. The largest absolute Gasteiger partial charge is 0.416 e. The van der Waals surface area contributed by atoms with Gasteiger partial charge in [0.25, 0.3) is 0 Å². The van der Waals surface area contributed by atoms with Crippen LogP contribution in [0.15, 0.2) is 89.1 Å². The van der Waals surface area contributed by atoms with E-state index in [4.69, 9.17) is 4.99 Å². The number of anilines is 1. The van der Waals surface area contributed by atoms with Gasteiger partial charge < -0.3 is 4.31 Å². The lowest BCUT2D eigenvalue weighted by Gasteiger charge is -2.26. The minimum Gasteiger partial charge on any atom is -0.303 e. The van der Waals surface area contributed by atoms with Crippen molar-refractivity contribution in [2.45, 2.75) is 58.7 Å². The first kappa shape index (κ1) is 27.5. The van der Waals surface area contributed by atoms with Gasteiger partial charge in [-0.25, -0.2) is 4.31 Å². The topological polar surface area (TPSA) is 18.8 Å². The number of fused-ring (bicyclic) bond motifs is 1. The first-order valence-corrected chi connectivity index (χ1v) is 14.3. The van der Waals surface area contributed by atoms with Crippen LogP contribution in [-0.4, -0.2) is 23.1 Å². The molecule has 0 spiro atoms. The van der Waals surface area contributed by atoms with Crippen LogP contribution in [0.3, 0.4) is 0 Å². The molecule has 0 amide bonds. The van der Waals surface area contributed by atoms with Gasteiger partial charge in [-0.05, 0) is 78.6 Å². The zero-order valence-electron chi connectivity index (χ0n) is 22.5. The molecule has 0 atom stereocenters. The Hall–Kier alpha value is -3.03.